The Morgan fingerprint density at radius 3 is 2.88 bits per heavy atom. The van der Waals surface area contributed by atoms with Crippen LogP contribution in [-0.2, 0) is 4.74 Å². The zero-order valence-electron chi connectivity index (χ0n) is 10.3. The van der Waals surface area contributed by atoms with Crippen molar-refractivity contribution in [2.24, 2.45) is 16.6 Å². The summed E-state index contributed by atoms with van der Waals surface area (Å²) in [6.07, 6.45) is 2.53. The normalized spacial score (nSPS) is 25.1. The van der Waals surface area contributed by atoms with E-state index in [2.05, 4.69) is 11.9 Å². The third-order valence-electron chi connectivity index (χ3n) is 3.31. The number of benzene rings is 1. The zero-order chi connectivity index (χ0) is 12.1. The van der Waals surface area contributed by atoms with Crippen molar-refractivity contribution < 1.29 is 4.74 Å². The fraction of sp³-hybridized carbons (Fsp3) is 0.500. The molecule has 0 radical (unpaired) electrons. The van der Waals surface area contributed by atoms with Crippen LogP contribution in [-0.4, -0.2) is 25.1 Å². The minimum atomic E-state index is 0.363. The molecule has 1 aromatic carbocycles. The van der Waals surface area contributed by atoms with Gasteiger partial charge in [0.25, 0.3) is 0 Å². The van der Waals surface area contributed by atoms with Crippen molar-refractivity contribution in [2.75, 3.05) is 13.2 Å². The van der Waals surface area contributed by atoms with E-state index < -0.39 is 0 Å². The number of aliphatic imine (C=N–C) groups is 1. The first-order valence-corrected chi connectivity index (χ1v) is 6.28. The van der Waals surface area contributed by atoms with Crippen molar-refractivity contribution in [1.29, 1.82) is 0 Å². The number of rotatable bonds is 4. The Labute approximate surface area is 103 Å². The highest BCUT2D eigenvalue weighted by Crippen LogP contribution is 2.23. The van der Waals surface area contributed by atoms with Gasteiger partial charge in [0.05, 0.1) is 6.10 Å². The highest BCUT2D eigenvalue weighted by molar-refractivity contribution is 5.97. The van der Waals surface area contributed by atoms with Crippen molar-refractivity contribution in [3.8, 4) is 0 Å². The van der Waals surface area contributed by atoms with Crippen LogP contribution in [0.4, 0.5) is 0 Å². The molecule has 2 rings (SSSR count). The van der Waals surface area contributed by atoms with Crippen LogP contribution in [0.15, 0.2) is 35.3 Å². The van der Waals surface area contributed by atoms with Crippen LogP contribution in [0.25, 0.3) is 0 Å². The Morgan fingerprint density at radius 2 is 2.18 bits per heavy atom. The number of nitrogens with two attached hydrogens (primary N) is 1. The summed E-state index contributed by atoms with van der Waals surface area (Å²) >= 11 is 0. The predicted molar refractivity (Wildman–Crippen MR) is 70.2 cm³/mol. The standard InChI is InChI=1S/C14H20N2O/c1-2-13-12(8-9-17-13)10-16-14(15)11-6-4-3-5-7-11/h3-7,12-13H,2,8-10H2,1H3,(H2,15,16). The first-order valence-electron chi connectivity index (χ1n) is 6.28. The predicted octanol–water partition coefficient (Wildman–Crippen LogP) is 2.21. The van der Waals surface area contributed by atoms with Gasteiger partial charge in [0.1, 0.15) is 5.84 Å². The lowest BCUT2D eigenvalue weighted by Gasteiger charge is -2.14. The molecular weight excluding hydrogens is 212 g/mol. The number of amidine groups is 1. The molecule has 92 valence electrons. The van der Waals surface area contributed by atoms with Crippen LogP contribution in [0.5, 0.6) is 0 Å². The maximum absolute atomic E-state index is 5.97. The summed E-state index contributed by atoms with van der Waals surface area (Å²) in [6, 6.07) is 9.91. The second-order valence-corrected chi connectivity index (χ2v) is 4.46. The first-order chi connectivity index (χ1) is 8.31. The third kappa shape index (κ3) is 3.07. The molecule has 0 aliphatic carbocycles. The molecule has 3 nitrogen and oxygen atoms in total. The topological polar surface area (TPSA) is 47.6 Å². The molecule has 1 aliphatic heterocycles. The summed E-state index contributed by atoms with van der Waals surface area (Å²) in [5.74, 6) is 1.16. The van der Waals surface area contributed by atoms with E-state index in [0.29, 0.717) is 17.9 Å². The molecule has 2 N–H and O–H groups in total. The van der Waals surface area contributed by atoms with Gasteiger partial charge in [-0.3, -0.25) is 4.99 Å². The number of hydrogen-bond acceptors (Lipinski definition) is 2. The summed E-state index contributed by atoms with van der Waals surface area (Å²) in [5.41, 5.74) is 6.97. The van der Waals surface area contributed by atoms with Crippen LogP contribution in [0, 0.1) is 5.92 Å². The van der Waals surface area contributed by atoms with Crippen molar-refractivity contribution in [1.82, 2.24) is 0 Å². The van der Waals surface area contributed by atoms with Gasteiger partial charge in [-0.15, -0.1) is 0 Å². The molecule has 0 saturated carbocycles. The Morgan fingerprint density at radius 1 is 1.41 bits per heavy atom. The SMILES string of the molecule is CCC1OCCC1CN=C(N)c1ccccc1. The molecule has 1 fully saturated rings. The molecule has 3 heteroatoms. The van der Waals surface area contributed by atoms with Gasteiger partial charge in [0.15, 0.2) is 0 Å². The van der Waals surface area contributed by atoms with Crippen molar-refractivity contribution in [2.45, 2.75) is 25.9 Å². The van der Waals surface area contributed by atoms with Crippen LogP contribution >= 0.6 is 0 Å². The Bertz CT molecular complexity index is 375. The van der Waals surface area contributed by atoms with E-state index in [1.807, 2.05) is 30.3 Å². The molecule has 0 spiro atoms. The lowest BCUT2D eigenvalue weighted by molar-refractivity contribution is 0.0893. The fourth-order valence-corrected chi connectivity index (χ4v) is 2.27. The van der Waals surface area contributed by atoms with E-state index in [1.54, 1.807) is 0 Å². The lowest BCUT2D eigenvalue weighted by Crippen LogP contribution is -2.20. The maximum atomic E-state index is 5.97. The minimum absolute atomic E-state index is 0.363. The van der Waals surface area contributed by atoms with E-state index in [4.69, 9.17) is 10.5 Å². The van der Waals surface area contributed by atoms with Crippen molar-refractivity contribution in [3.05, 3.63) is 35.9 Å². The number of nitrogens with zero attached hydrogens (tertiary/aromatic N) is 1. The molecule has 2 unspecified atom stereocenters. The summed E-state index contributed by atoms with van der Waals surface area (Å²) in [7, 11) is 0. The number of hydrogen-bond donors (Lipinski definition) is 1. The Kier molecular flexibility index (Phi) is 4.15. The van der Waals surface area contributed by atoms with E-state index in [1.165, 1.54) is 0 Å². The largest absolute Gasteiger partial charge is 0.384 e. The third-order valence-corrected chi connectivity index (χ3v) is 3.31. The Hall–Kier alpha value is -1.35. The maximum Gasteiger partial charge on any atom is 0.125 e. The van der Waals surface area contributed by atoms with E-state index in [0.717, 1.165) is 31.6 Å². The average Bonchev–Trinajstić information content (AvgIpc) is 2.84. The second kappa shape index (κ2) is 5.82. The van der Waals surface area contributed by atoms with Gasteiger partial charge in [-0.1, -0.05) is 37.3 Å². The van der Waals surface area contributed by atoms with E-state index in [-0.39, 0.29) is 0 Å². The smallest absolute Gasteiger partial charge is 0.125 e. The molecule has 0 bridgehead atoms. The zero-order valence-corrected chi connectivity index (χ0v) is 10.3. The van der Waals surface area contributed by atoms with Gasteiger partial charge in [0.2, 0.25) is 0 Å². The monoisotopic (exact) mass is 232 g/mol. The van der Waals surface area contributed by atoms with Crippen molar-refractivity contribution in [3.63, 3.8) is 0 Å². The van der Waals surface area contributed by atoms with Gasteiger partial charge < -0.3 is 10.5 Å². The molecule has 0 aromatic heterocycles. The van der Waals surface area contributed by atoms with E-state index in [9.17, 15) is 0 Å². The van der Waals surface area contributed by atoms with Crippen LogP contribution in [0.2, 0.25) is 0 Å². The molecule has 1 saturated heterocycles. The number of ether oxygens (including phenoxy) is 1. The van der Waals surface area contributed by atoms with E-state index >= 15 is 0 Å². The van der Waals surface area contributed by atoms with Gasteiger partial charge in [-0.2, -0.15) is 0 Å². The summed E-state index contributed by atoms with van der Waals surface area (Å²) in [4.78, 5) is 4.49. The highest BCUT2D eigenvalue weighted by atomic mass is 16.5. The quantitative estimate of drug-likeness (QED) is 0.639. The minimum Gasteiger partial charge on any atom is -0.384 e. The molecule has 17 heavy (non-hydrogen) atoms. The highest BCUT2D eigenvalue weighted by Gasteiger charge is 2.26. The molecule has 1 heterocycles. The Balaban J connectivity index is 1.96. The fourth-order valence-electron chi connectivity index (χ4n) is 2.27. The average molecular weight is 232 g/mol. The van der Waals surface area contributed by atoms with Crippen LogP contribution in [0.3, 0.4) is 0 Å². The van der Waals surface area contributed by atoms with Crippen LogP contribution in [0.1, 0.15) is 25.3 Å². The van der Waals surface area contributed by atoms with Gasteiger partial charge in [-0.25, -0.2) is 0 Å². The first kappa shape index (κ1) is 12.1. The van der Waals surface area contributed by atoms with Crippen molar-refractivity contribution >= 4 is 5.84 Å². The molecule has 1 aromatic rings. The molecule has 2 atom stereocenters. The second-order valence-electron chi connectivity index (χ2n) is 4.46. The van der Waals surface area contributed by atoms with Gasteiger partial charge in [-0.05, 0) is 12.8 Å². The van der Waals surface area contributed by atoms with Gasteiger partial charge >= 0.3 is 0 Å². The molecular formula is C14H20N2O. The summed E-state index contributed by atoms with van der Waals surface area (Å²) in [5, 5.41) is 0. The summed E-state index contributed by atoms with van der Waals surface area (Å²) < 4.78 is 5.64. The molecule has 1 aliphatic rings. The summed E-state index contributed by atoms with van der Waals surface area (Å²) in [6.45, 7) is 3.80. The molecule has 0 amide bonds. The van der Waals surface area contributed by atoms with Gasteiger partial charge in [0, 0.05) is 24.6 Å². The van der Waals surface area contributed by atoms with Crippen LogP contribution < -0.4 is 5.73 Å². The lowest BCUT2D eigenvalue weighted by atomic mass is 10.00.